The summed E-state index contributed by atoms with van der Waals surface area (Å²) < 4.78 is 1.62. The summed E-state index contributed by atoms with van der Waals surface area (Å²) in [6.45, 7) is 4.06. The molecule has 3 amide bonds. The van der Waals surface area contributed by atoms with E-state index in [0.717, 1.165) is 11.1 Å². The molecule has 0 aliphatic carbocycles. The van der Waals surface area contributed by atoms with E-state index in [2.05, 4.69) is 16.5 Å². The molecule has 1 spiro atoms. The van der Waals surface area contributed by atoms with Crippen LogP contribution in [0, 0.1) is 17.2 Å². The van der Waals surface area contributed by atoms with E-state index in [1.54, 1.807) is 23.8 Å². The third-order valence-electron chi connectivity index (χ3n) is 7.27. The summed E-state index contributed by atoms with van der Waals surface area (Å²) in [5.41, 5.74) is 1.56. The predicted molar refractivity (Wildman–Crippen MR) is 133 cm³/mol. The monoisotopic (exact) mass is 484 g/mol. The molecule has 1 unspecified atom stereocenters. The Hall–Kier alpha value is -4.19. The highest BCUT2D eigenvalue weighted by molar-refractivity contribution is 6.07. The number of nitrogens with zero attached hydrogens (tertiary/aromatic N) is 5. The van der Waals surface area contributed by atoms with E-state index >= 15 is 0 Å². The second-order valence-corrected chi connectivity index (χ2v) is 10.1. The minimum atomic E-state index is -0.973. The number of pyridine rings is 1. The summed E-state index contributed by atoms with van der Waals surface area (Å²) in [7, 11) is 1.60. The number of likely N-dealkylation sites (tertiary alicyclic amines) is 1. The average Bonchev–Trinajstić information content (AvgIpc) is 3.55. The quantitative estimate of drug-likeness (QED) is 0.599. The number of nitrogens with one attached hydrogen (secondary N) is 1. The summed E-state index contributed by atoms with van der Waals surface area (Å²) in [5, 5.41) is 17.2. The molecule has 3 atom stereocenters. The normalized spacial score (nSPS) is 21.5. The Balaban J connectivity index is 1.46. The van der Waals surface area contributed by atoms with Crippen molar-refractivity contribution < 1.29 is 14.4 Å². The van der Waals surface area contributed by atoms with Crippen LogP contribution in [0.1, 0.15) is 42.7 Å². The maximum Gasteiger partial charge on any atom is 0.274 e. The number of hydrogen-bond acceptors (Lipinski definition) is 5. The van der Waals surface area contributed by atoms with Gasteiger partial charge in [0.2, 0.25) is 11.8 Å². The molecule has 2 aromatic heterocycles. The molecule has 1 N–H and O–H groups in total. The second kappa shape index (κ2) is 8.79. The first-order chi connectivity index (χ1) is 17.2. The van der Waals surface area contributed by atoms with Gasteiger partial charge in [0.05, 0.1) is 17.0 Å². The van der Waals surface area contributed by atoms with E-state index in [-0.39, 0.29) is 42.3 Å². The van der Waals surface area contributed by atoms with Gasteiger partial charge in [-0.3, -0.25) is 14.4 Å². The lowest BCUT2D eigenvalue weighted by Crippen LogP contribution is -2.52. The molecular formula is C27H28N6O3. The first kappa shape index (κ1) is 23.5. The number of carbonyl (C=O) groups is 3. The summed E-state index contributed by atoms with van der Waals surface area (Å²) in [6.07, 6.45) is 2.39. The molecule has 1 fully saturated rings. The van der Waals surface area contributed by atoms with E-state index in [1.165, 1.54) is 9.80 Å². The first-order valence-corrected chi connectivity index (χ1v) is 12.1. The number of benzene rings is 1. The number of anilines is 1. The molecule has 9 nitrogen and oxygen atoms in total. The van der Waals surface area contributed by atoms with E-state index in [1.807, 2.05) is 56.3 Å². The smallest absolute Gasteiger partial charge is 0.274 e. The van der Waals surface area contributed by atoms with Gasteiger partial charge in [-0.15, -0.1) is 0 Å². The molecule has 36 heavy (non-hydrogen) atoms. The number of fused-ring (bicyclic) bond motifs is 3. The molecule has 0 saturated carbocycles. The zero-order chi connectivity index (χ0) is 25.6. The zero-order valence-electron chi connectivity index (χ0n) is 20.5. The van der Waals surface area contributed by atoms with Gasteiger partial charge >= 0.3 is 0 Å². The maximum atomic E-state index is 14.0. The third kappa shape index (κ3) is 3.70. The molecule has 1 aromatic carbocycles. The highest BCUT2D eigenvalue weighted by atomic mass is 16.2. The second-order valence-electron chi connectivity index (χ2n) is 10.1. The Kier molecular flexibility index (Phi) is 5.75. The minimum absolute atomic E-state index is 0.0951. The van der Waals surface area contributed by atoms with Gasteiger partial charge in [0.15, 0.2) is 5.69 Å². The Bertz CT molecular complexity index is 1370. The number of likely N-dealkylation sites (N-methyl/N-ethyl adjacent to an activating group) is 1. The summed E-state index contributed by atoms with van der Waals surface area (Å²) in [5.74, 6) is -0.787. The molecule has 9 heteroatoms. The lowest BCUT2D eigenvalue weighted by atomic mass is 9.80. The van der Waals surface area contributed by atoms with Gasteiger partial charge in [-0.05, 0) is 42.2 Å². The van der Waals surface area contributed by atoms with Crippen LogP contribution in [0.25, 0.3) is 5.52 Å². The van der Waals surface area contributed by atoms with Gasteiger partial charge < -0.3 is 15.1 Å². The van der Waals surface area contributed by atoms with Crippen LogP contribution in [0.15, 0.2) is 54.7 Å². The average molecular weight is 485 g/mol. The van der Waals surface area contributed by atoms with Crippen molar-refractivity contribution >= 4 is 28.9 Å². The highest BCUT2D eigenvalue weighted by Gasteiger charge is 2.56. The number of aromatic nitrogens is 2. The molecule has 4 heterocycles. The van der Waals surface area contributed by atoms with E-state index in [4.69, 9.17) is 0 Å². The maximum absolute atomic E-state index is 14.0. The zero-order valence-corrected chi connectivity index (χ0v) is 20.5. The van der Waals surface area contributed by atoms with Crippen molar-refractivity contribution in [2.75, 3.05) is 18.9 Å². The Morgan fingerprint density at radius 3 is 2.72 bits per heavy atom. The summed E-state index contributed by atoms with van der Waals surface area (Å²) in [4.78, 5) is 43.4. The van der Waals surface area contributed by atoms with Gasteiger partial charge in [-0.2, -0.15) is 10.4 Å². The SMILES string of the molecule is CC(C)C[C@@H](C(=O)N1C[C@]2(CC1C#N)C(=O)Nc1ccccc12)N(C)C(=O)c1cc2ccccn2n1. The fraction of sp³-hybridized carbons (Fsp3) is 0.370. The van der Waals surface area contributed by atoms with Gasteiger partial charge in [-0.25, -0.2) is 4.52 Å². The first-order valence-electron chi connectivity index (χ1n) is 12.1. The van der Waals surface area contributed by atoms with Crippen LogP contribution in [-0.2, 0) is 15.0 Å². The summed E-state index contributed by atoms with van der Waals surface area (Å²) in [6, 6.07) is 15.3. The molecule has 2 aliphatic heterocycles. The molecule has 1 saturated heterocycles. The molecule has 2 aliphatic rings. The Morgan fingerprint density at radius 2 is 2.00 bits per heavy atom. The van der Waals surface area contributed by atoms with Crippen molar-refractivity contribution in [2.45, 2.75) is 44.2 Å². The lowest BCUT2D eigenvalue weighted by Gasteiger charge is -2.33. The molecule has 5 rings (SSSR count). The van der Waals surface area contributed by atoms with Gasteiger partial charge in [0.1, 0.15) is 12.1 Å². The topological polar surface area (TPSA) is 111 Å². The number of para-hydroxylation sites is 1. The van der Waals surface area contributed by atoms with Gasteiger partial charge in [-0.1, -0.05) is 38.1 Å². The van der Waals surface area contributed by atoms with Crippen LogP contribution >= 0.6 is 0 Å². The molecular weight excluding hydrogens is 456 g/mol. The van der Waals surface area contributed by atoms with Crippen molar-refractivity contribution in [2.24, 2.45) is 5.92 Å². The van der Waals surface area contributed by atoms with E-state index < -0.39 is 17.5 Å². The van der Waals surface area contributed by atoms with Crippen molar-refractivity contribution in [1.29, 1.82) is 5.26 Å². The highest BCUT2D eigenvalue weighted by Crippen LogP contribution is 2.46. The van der Waals surface area contributed by atoms with Crippen LogP contribution in [0.3, 0.4) is 0 Å². The third-order valence-corrected chi connectivity index (χ3v) is 7.27. The van der Waals surface area contributed by atoms with Crippen LogP contribution in [0.5, 0.6) is 0 Å². The Labute approximate surface area is 209 Å². The van der Waals surface area contributed by atoms with E-state index in [0.29, 0.717) is 12.1 Å². The molecule has 3 aromatic rings. The van der Waals surface area contributed by atoms with Crippen molar-refractivity contribution in [3.63, 3.8) is 0 Å². The van der Waals surface area contributed by atoms with Crippen molar-refractivity contribution in [3.8, 4) is 6.07 Å². The largest absolute Gasteiger partial charge is 0.328 e. The number of hydrogen-bond donors (Lipinski definition) is 1. The fourth-order valence-corrected chi connectivity index (χ4v) is 5.41. The predicted octanol–water partition coefficient (Wildman–Crippen LogP) is 2.84. The number of rotatable bonds is 5. The number of nitriles is 1. The standard InChI is InChI=1S/C27H28N6O3/c1-17(2)12-23(31(3)24(34)22-13-18-8-6-7-11-33(18)30-22)25(35)32-16-27(14-19(32)15-28)20-9-4-5-10-21(20)29-26(27)36/h4-11,13,17,19,23H,12,14,16H2,1-3H3,(H,29,36)/t19?,23-,27-/m0/s1. The van der Waals surface area contributed by atoms with Gasteiger partial charge in [0, 0.05) is 31.9 Å². The van der Waals surface area contributed by atoms with E-state index in [9.17, 15) is 19.6 Å². The molecule has 0 radical (unpaired) electrons. The van der Waals surface area contributed by atoms with Gasteiger partial charge in [0.25, 0.3) is 5.91 Å². The number of amides is 3. The molecule has 0 bridgehead atoms. The van der Waals surface area contributed by atoms with Crippen LogP contribution in [-0.4, -0.2) is 62.8 Å². The lowest BCUT2D eigenvalue weighted by molar-refractivity contribution is -0.136. The van der Waals surface area contributed by atoms with Crippen LogP contribution in [0.2, 0.25) is 0 Å². The minimum Gasteiger partial charge on any atom is -0.328 e. The van der Waals surface area contributed by atoms with Crippen LogP contribution < -0.4 is 5.32 Å². The number of carbonyl (C=O) groups excluding carboxylic acids is 3. The fourth-order valence-electron chi connectivity index (χ4n) is 5.41. The van der Waals surface area contributed by atoms with Crippen LogP contribution in [0.4, 0.5) is 5.69 Å². The molecule has 184 valence electrons. The van der Waals surface area contributed by atoms with Crippen molar-refractivity contribution in [1.82, 2.24) is 19.4 Å². The van der Waals surface area contributed by atoms with Crippen molar-refractivity contribution in [3.05, 3.63) is 66.0 Å². The Morgan fingerprint density at radius 1 is 1.25 bits per heavy atom. The summed E-state index contributed by atoms with van der Waals surface area (Å²) >= 11 is 0.